The van der Waals surface area contributed by atoms with Crippen LogP contribution in [0.25, 0.3) is 0 Å². The number of rotatable bonds is 7. The zero-order chi connectivity index (χ0) is 11.5. The molecule has 1 N–H and O–H groups in total. The lowest BCUT2D eigenvalue weighted by atomic mass is 10.2. The van der Waals surface area contributed by atoms with Crippen molar-refractivity contribution < 1.29 is 19.4 Å². The number of carboxylic acids is 1. The van der Waals surface area contributed by atoms with Crippen LogP contribution in [-0.2, 0) is 14.3 Å². The number of esters is 1. The molecule has 0 atom stereocenters. The Balaban J connectivity index is 3.32. The van der Waals surface area contributed by atoms with Crippen molar-refractivity contribution in [2.24, 2.45) is 0 Å². The van der Waals surface area contributed by atoms with E-state index in [-0.39, 0.29) is 19.0 Å². The summed E-state index contributed by atoms with van der Waals surface area (Å²) in [6.07, 6.45) is 2.14. The molecule has 0 heterocycles. The summed E-state index contributed by atoms with van der Waals surface area (Å²) in [7, 11) is 0. The van der Waals surface area contributed by atoms with Crippen LogP contribution < -0.4 is 0 Å². The van der Waals surface area contributed by atoms with Crippen LogP contribution >= 0.6 is 0 Å². The van der Waals surface area contributed by atoms with Crippen LogP contribution in [0.5, 0.6) is 0 Å². The van der Waals surface area contributed by atoms with Crippen LogP contribution in [0.2, 0.25) is 0 Å². The first kappa shape index (κ1) is 13.5. The number of carbonyl (C=O) groups excluding carboxylic acids is 1. The van der Waals surface area contributed by atoms with E-state index in [2.05, 4.69) is 11.8 Å². The van der Waals surface area contributed by atoms with Gasteiger partial charge in [0.05, 0.1) is 6.61 Å². The molecule has 0 fully saturated rings. The molecular weight excluding hydrogens is 196 g/mol. The molecule has 0 bridgehead atoms. The Morgan fingerprint density at radius 2 is 2.00 bits per heavy atom. The Hall–Kier alpha value is -1.50. The van der Waals surface area contributed by atoms with Gasteiger partial charge in [-0.05, 0) is 19.8 Å². The van der Waals surface area contributed by atoms with Crippen molar-refractivity contribution in [3.05, 3.63) is 0 Å². The van der Waals surface area contributed by atoms with Crippen LogP contribution in [0, 0.1) is 11.8 Å². The molecule has 0 saturated carbocycles. The molecule has 4 nitrogen and oxygen atoms in total. The largest absolute Gasteiger partial charge is 0.481 e. The highest BCUT2D eigenvalue weighted by Crippen LogP contribution is 1.98. The third-order valence-corrected chi connectivity index (χ3v) is 1.66. The fraction of sp³-hybridized carbons (Fsp3) is 0.636. The van der Waals surface area contributed by atoms with Crippen molar-refractivity contribution in [3.63, 3.8) is 0 Å². The van der Waals surface area contributed by atoms with E-state index in [1.807, 2.05) is 0 Å². The number of carbonyl (C=O) groups is 2. The quantitative estimate of drug-likeness (QED) is 0.395. The molecule has 0 aliphatic carbocycles. The zero-order valence-electron chi connectivity index (χ0n) is 8.91. The van der Waals surface area contributed by atoms with Gasteiger partial charge in [-0.25, -0.2) is 0 Å². The van der Waals surface area contributed by atoms with Crippen molar-refractivity contribution in [2.75, 3.05) is 6.61 Å². The van der Waals surface area contributed by atoms with Gasteiger partial charge in [0.1, 0.15) is 0 Å². The second-order valence-corrected chi connectivity index (χ2v) is 3.00. The lowest BCUT2D eigenvalue weighted by molar-refractivity contribution is -0.145. The van der Waals surface area contributed by atoms with E-state index in [0.717, 1.165) is 0 Å². The number of hydrogen-bond donors (Lipinski definition) is 1. The van der Waals surface area contributed by atoms with Gasteiger partial charge in [-0.15, -0.1) is 11.8 Å². The molecule has 4 heteroatoms. The maximum atomic E-state index is 11.0. The van der Waals surface area contributed by atoms with Crippen LogP contribution in [0.1, 0.15) is 39.0 Å². The number of aliphatic carboxylic acids is 1. The minimum atomic E-state index is -0.871. The lowest BCUT2D eigenvalue weighted by Crippen LogP contribution is -2.07. The van der Waals surface area contributed by atoms with Crippen LogP contribution in [0.3, 0.4) is 0 Å². The topological polar surface area (TPSA) is 63.6 Å². The average molecular weight is 212 g/mol. The highest BCUT2D eigenvalue weighted by molar-refractivity contribution is 5.69. The Labute approximate surface area is 89.6 Å². The molecule has 0 amide bonds. The molecule has 0 aromatic rings. The Morgan fingerprint density at radius 1 is 1.27 bits per heavy atom. The summed E-state index contributed by atoms with van der Waals surface area (Å²) in [5.41, 5.74) is 0. The monoisotopic (exact) mass is 212 g/mol. The van der Waals surface area contributed by atoms with E-state index in [1.54, 1.807) is 6.92 Å². The maximum absolute atomic E-state index is 11.0. The highest BCUT2D eigenvalue weighted by atomic mass is 16.5. The fourth-order valence-corrected chi connectivity index (χ4v) is 0.928. The molecule has 0 unspecified atom stereocenters. The van der Waals surface area contributed by atoms with E-state index in [0.29, 0.717) is 25.7 Å². The Kier molecular flexibility index (Phi) is 8.16. The first-order chi connectivity index (χ1) is 7.16. The summed E-state index contributed by atoms with van der Waals surface area (Å²) in [6.45, 7) is 1.94. The minimum absolute atomic E-state index is 0.0363. The van der Waals surface area contributed by atoms with Crippen molar-refractivity contribution in [1.82, 2.24) is 0 Å². The maximum Gasteiger partial charge on any atom is 0.305 e. The summed E-state index contributed by atoms with van der Waals surface area (Å²) in [4.78, 5) is 21.2. The van der Waals surface area contributed by atoms with Gasteiger partial charge in [0.15, 0.2) is 0 Å². The fourth-order valence-electron chi connectivity index (χ4n) is 0.928. The molecule has 0 aromatic heterocycles. The van der Waals surface area contributed by atoms with Crippen LogP contribution in [-0.4, -0.2) is 23.7 Å². The molecule has 84 valence electrons. The number of carboxylic acid groups (broad SMARTS) is 1. The van der Waals surface area contributed by atoms with Gasteiger partial charge in [0.25, 0.3) is 0 Å². The van der Waals surface area contributed by atoms with Gasteiger partial charge in [0, 0.05) is 19.3 Å². The lowest BCUT2D eigenvalue weighted by Gasteiger charge is -2.02. The summed E-state index contributed by atoms with van der Waals surface area (Å²) in [5.74, 6) is 4.44. The summed E-state index contributed by atoms with van der Waals surface area (Å²) in [5, 5.41) is 8.32. The predicted octanol–water partition coefficient (Wildman–Crippen LogP) is 1.59. The summed E-state index contributed by atoms with van der Waals surface area (Å²) >= 11 is 0. The molecule has 0 saturated heterocycles. The first-order valence-corrected chi connectivity index (χ1v) is 4.94. The van der Waals surface area contributed by atoms with E-state index >= 15 is 0 Å². The van der Waals surface area contributed by atoms with Crippen molar-refractivity contribution in [2.45, 2.75) is 39.0 Å². The van der Waals surface area contributed by atoms with Crippen LogP contribution in [0.4, 0.5) is 0 Å². The molecule has 15 heavy (non-hydrogen) atoms. The SMILES string of the molecule is CC#CCCCC(=O)OCCCC(=O)O. The Bertz CT molecular complexity index is 259. The normalized spacial score (nSPS) is 8.87. The van der Waals surface area contributed by atoms with Crippen molar-refractivity contribution in [1.29, 1.82) is 0 Å². The molecule has 0 aliphatic rings. The van der Waals surface area contributed by atoms with Gasteiger partial charge in [-0.1, -0.05) is 0 Å². The zero-order valence-corrected chi connectivity index (χ0v) is 8.91. The smallest absolute Gasteiger partial charge is 0.305 e. The summed E-state index contributed by atoms with van der Waals surface area (Å²) < 4.78 is 4.82. The number of unbranched alkanes of at least 4 members (excludes halogenated alkanes) is 1. The van der Waals surface area contributed by atoms with Gasteiger partial charge >= 0.3 is 11.9 Å². The van der Waals surface area contributed by atoms with Gasteiger partial charge < -0.3 is 9.84 Å². The van der Waals surface area contributed by atoms with E-state index < -0.39 is 5.97 Å². The predicted molar refractivity (Wildman–Crippen MR) is 55.1 cm³/mol. The van der Waals surface area contributed by atoms with E-state index in [4.69, 9.17) is 9.84 Å². The van der Waals surface area contributed by atoms with E-state index in [9.17, 15) is 9.59 Å². The van der Waals surface area contributed by atoms with Gasteiger partial charge in [0.2, 0.25) is 0 Å². The number of hydrogen-bond acceptors (Lipinski definition) is 3. The minimum Gasteiger partial charge on any atom is -0.481 e. The van der Waals surface area contributed by atoms with E-state index in [1.165, 1.54) is 0 Å². The third-order valence-electron chi connectivity index (χ3n) is 1.66. The van der Waals surface area contributed by atoms with Gasteiger partial charge in [-0.2, -0.15) is 0 Å². The molecule has 0 rings (SSSR count). The molecule has 0 radical (unpaired) electrons. The standard InChI is InChI=1S/C11H16O4/c1-2-3-4-5-8-11(14)15-9-6-7-10(12)13/h4-9H2,1H3,(H,12,13). The van der Waals surface area contributed by atoms with Crippen molar-refractivity contribution in [3.8, 4) is 11.8 Å². The second kappa shape index (κ2) is 9.07. The van der Waals surface area contributed by atoms with Crippen LogP contribution in [0.15, 0.2) is 0 Å². The average Bonchev–Trinajstić information content (AvgIpc) is 2.19. The molecular formula is C11H16O4. The molecule has 0 aliphatic heterocycles. The van der Waals surface area contributed by atoms with Gasteiger partial charge in [-0.3, -0.25) is 9.59 Å². The molecule has 0 aromatic carbocycles. The summed E-state index contributed by atoms with van der Waals surface area (Å²) in [6, 6.07) is 0. The number of ether oxygens (including phenoxy) is 1. The Morgan fingerprint density at radius 3 is 2.60 bits per heavy atom. The first-order valence-electron chi connectivity index (χ1n) is 4.94. The molecule has 0 spiro atoms. The van der Waals surface area contributed by atoms with Crippen molar-refractivity contribution >= 4 is 11.9 Å². The third kappa shape index (κ3) is 10.4. The second-order valence-electron chi connectivity index (χ2n) is 3.00. The highest BCUT2D eigenvalue weighted by Gasteiger charge is 2.02.